The van der Waals surface area contributed by atoms with Crippen LogP contribution in [0.2, 0.25) is 0 Å². The Morgan fingerprint density at radius 3 is 3.00 bits per heavy atom. The summed E-state index contributed by atoms with van der Waals surface area (Å²) < 4.78 is 7.45. The van der Waals surface area contributed by atoms with Crippen molar-refractivity contribution in [1.29, 1.82) is 0 Å². The van der Waals surface area contributed by atoms with Gasteiger partial charge in [-0.15, -0.1) is 0 Å². The summed E-state index contributed by atoms with van der Waals surface area (Å²) in [5.41, 5.74) is 1.12. The zero-order valence-corrected chi connectivity index (χ0v) is 13.0. The van der Waals surface area contributed by atoms with Crippen LogP contribution in [0.5, 0.6) is 0 Å². The first-order chi connectivity index (χ1) is 10.1. The smallest absolute Gasteiger partial charge is 0.0897 e. The number of aliphatic hydroxyl groups is 1. The first-order valence-corrected chi connectivity index (χ1v) is 7.74. The second kappa shape index (κ2) is 8.32. The van der Waals surface area contributed by atoms with Crippen molar-refractivity contribution in [2.24, 2.45) is 18.9 Å². The van der Waals surface area contributed by atoms with E-state index in [1.165, 1.54) is 0 Å². The van der Waals surface area contributed by atoms with Crippen LogP contribution in [0.15, 0.2) is 24.5 Å². The third-order valence-corrected chi connectivity index (χ3v) is 4.03. The summed E-state index contributed by atoms with van der Waals surface area (Å²) in [5, 5.41) is 17.2. The number of allylic oxidation sites excluding steroid dienone is 2. The Bertz CT molecular complexity index is 444. The van der Waals surface area contributed by atoms with Crippen molar-refractivity contribution >= 4 is 0 Å². The molecule has 0 radical (unpaired) electrons. The van der Waals surface area contributed by atoms with E-state index in [0.717, 1.165) is 31.6 Å². The lowest BCUT2D eigenvalue weighted by Crippen LogP contribution is -2.31. The first kappa shape index (κ1) is 16.2. The van der Waals surface area contributed by atoms with E-state index in [4.69, 9.17) is 4.74 Å². The van der Waals surface area contributed by atoms with E-state index in [1.807, 2.05) is 19.4 Å². The molecule has 3 atom stereocenters. The number of hydrogen-bond acceptors (Lipinski definition) is 4. The number of aryl methyl sites for hydroxylation is 1. The summed E-state index contributed by atoms with van der Waals surface area (Å²) in [4.78, 5) is 0. The molecule has 1 heterocycles. The van der Waals surface area contributed by atoms with Gasteiger partial charge in [-0.25, -0.2) is 0 Å². The predicted octanol–water partition coefficient (Wildman–Crippen LogP) is 1.49. The molecule has 1 aromatic rings. The molecule has 2 N–H and O–H groups in total. The molecule has 0 saturated carbocycles. The monoisotopic (exact) mass is 293 g/mol. The van der Waals surface area contributed by atoms with Gasteiger partial charge in [0.15, 0.2) is 0 Å². The van der Waals surface area contributed by atoms with Gasteiger partial charge < -0.3 is 15.2 Å². The highest BCUT2D eigenvalue weighted by Crippen LogP contribution is 2.24. The lowest BCUT2D eigenvalue weighted by molar-refractivity contribution is 0.0127. The van der Waals surface area contributed by atoms with Crippen LogP contribution in [0.25, 0.3) is 0 Å². The minimum absolute atomic E-state index is 0.396. The molecule has 0 amide bonds. The summed E-state index contributed by atoms with van der Waals surface area (Å²) in [5.74, 6) is 1.27. The lowest BCUT2D eigenvalue weighted by atomic mass is 9.85. The Balaban J connectivity index is 1.55. The normalized spacial score (nSPS) is 23.4. The molecule has 0 aromatic carbocycles. The van der Waals surface area contributed by atoms with Gasteiger partial charge in [0.2, 0.25) is 0 Å². The average molecular weight is 293 g/mol. The molecule has 21 heavy (non-hydrogen) atoms. The predicted molar refractivity (Wildman–Crippen MR) is 82.8 cm³/mol. The van der Waals surface area contributed by atoms with E-state index >= 15 is 0 Å². The molecule has 0 saturated heterocycles. The summed E-state index contributed by atoms with van der Waals surface area (Å²) in [6, 6.07) is 0. The van der Waals surface area contributed by atoms with E-state index in [2.05, 4.69) is 29.5 Å². The van der Waals surface area contributed by atoms with Crippen molar-refractivity contribution in [1.82, 2.24) is 15.1 Å². The number of aliphatic hydroxyl groups excluding tert-OH is 1. The fourth-order valence-electron chi connectivity index (χ4n) is 2.60. The number of aromatic nitrogens is 2. The van der Waals surface area contributed by atoms with Gasteiger partial charge in [-0.05, 0) is 24.7 Å². The molecule has 3 unspecified atom stereocenters. The van der Waals surface area contributed by atoms with Crippen molar-refractivity contribution in [3.05, 3.63) is 30.1 Å². The van der Waals surface area contributed by atoms with Gasteiger partial charge >= 0.3 is 0 Å². The van der Waals surface area contributed by atoms with Gasteiger partial charge in [-0.2, -0.15) is 5.10 Å². The maximum atomic E-state index is 9.91. The standard InChI is InChI=1S/C16H27N3O2/c1-13-5-3-4-6-15(13)11-21-12-16(20)9-17-7-14-8-18-19(2)10-14/h3-4,8,10,13,15-17,20H,5-7,9,11-12H2,1-2H3. The fraction of sp³-hybridized carbons (Fsp3) is 0.688. The minimum Gasteiger partial charge on any atom is -0.389 e. The second-order valence-electron chi connectivity index (χ2n) is 6.02. The highest BCUT2D eigenvalue weighted by atomic mass is 16.5. The Labute approximate surface area is 127 Å². The molecule has 2 rings (SSSR count). The van der Waals surface area contributed by atoms with Crippen LogP contribution in [-0.2, 0) is 18.3 Å². The Hall–Kier alpha value is -1.17. The van der Waals surface area contributed by atoms with Crippen LogP contribution in [0.4, 0.5) is 0 Å². The zero-order valence-electron chi connectivity index (χ0n) is 13.0. The minimum atomic E-state index is -0.462. The lowest BCUT2D eigenvalue weighted by Gasteiger charge is -2.25. The van der Waals surface area contributed by atoms with E-state index < -0.39 is 6.10 Å². The molecule has 0 aliphatic heterocycles. The van der Waals surface area contributed by atoms with Crippen LogP contribution >= 0.6 is 0 Å². The number of ether oxygens (including phenoxy) is 1. The van der Waals surface area contributed by atoms with Crippen molar-refractivity contribution in [2.45, 2.75) is 32.4 Å². The topological polar surface area (TPSA) is 59.3 Å². The third-order valence-electron chi connectivity index (χ3n) is 4.03. The molecule has 0 bridgehead atoms. The molecular weight excluding hydrogens is 266 g/mol. The third kappa shape index (κ3) is 5.61. The van der Waals surface area contributed by atoms with Gasteiger partial charge in [-0.3, -0.25) is 4.68 Å². The Kier molecular flexibility index (Phi) is 6.42. The molecule has 1 aliphatic rings. The van der Waals surface area contributed by atoms with E-state index in [-0.39, 0.29) is 0 Å². The molecule has 5 nitrogen and oxygen atoms in total. The fourth-order valence-corrected chi connectivity index (χ4v) is 2.60. The first-order valence-electron chi connectivity index (χ1n) is 7.74. The Morgan fingerprint density at radius 2 is 2.29 bits per heavy atom. The summed E-state index contributed by atoms with van der Waals surface area (Å²) in [6.07, 6.45) is 10.1. The molecule has 1 aliphatic carbocycles. The second-order valence-corrected chi connectivity index (χ2v) is 6.02. The van der Waals surface area contributed by atoms with Crippen molar-refractivity contribution in [3.63, 3.8) is 0 Å². The van der Waals surface area contributed by atoms with Crippen LogP contribution in [0.3, 0.4) is 0 Å². The summed E-state index contributed by atoms with van der Waals surface area (Å²) in [6.45, 7) is 4.66. The van der Waals surface area contributed by atoms with Gasteiger partial charge in [0, 0.05) is 31.9 Å². The molecule has 118 valence electrons. The van der Waals surface area contributed by atoms with E-state index in [9.17, 15) is 5.11 Å². The van der Waals surface area contributed by atoms with Crippen molar-refractivity contribution in [3.8, 4) is 0 Å². The zero-order chi connectivity index (χ0) is 15.1. The van der Waals surface area contributed by atoms with Crippen molar-refractivity contribution < 1.29 is 9.84 Å². The molecule has 5 heteroatoms. The van der Waals surface area contributed by atoms with Crippen LogP contribution in [0.1, 0.15) is 25.3 Å². The maximum absolute atomic E-state index is 9.91. The van der Waals surface area contributed by atoms with Crippen LogP contribution in [-0.4, -0.2) is 40.7 Å². The van der Waals surface area contributed by atoms with Gasteiger partial charge in [0.1, 0.15) is 0 Å². The van der Waals surface area contributed by atoms with Crippen molar-refractivity contribution in [2.75, 3.05) is 19.8 Å². The van der Waals surface area contributed by atoms with Crippen LogP contribution < -0.4 is 5.32 Å². The summed E-state index contributed by atoms with van der Waals surface area (Å²) in [7, 11) is 1.90. The average Bonchev–Trinajstić information content (AvgIpc) is 2.87. The molecule has 0 spiro atoms. The largest absolute Gasteiger partial charge is 0.389 e. The Morgan fingerprint density at radius 1 is 1.48 bits per heavy atom. The SMILES string of the molecule is CC1CC=CCC1COCC(O)CNCc1cnn(C)c1. The van der Waals surface area contributed by atoms with E-state index in [1.54, 1.807) is 4.68 Å². The van der Waals surface area contributed by atoms with Crippen LogP contribution in [0, 0.1) is 11.8 Å². The molecule has 0 fully saturated rings. The number of nitrogens with zero attached hydrogens (tertiary/aromatic N) is 2. The summed E-state index contributed by atoms with van der Waals surface area (Å²) >= 11 is 0. The van der Waals surface area contributed by atoms with Gasteiger partial charge in [0.25, 0.3) is 0 Å². The molecule has 1 aromatic heterocycles. The van der Waals surface area contributed by atoms with Gasteiger partial charge in [0.05, 0.1) is 25.5 Å². The highest BCUT2D eigenvalue weighted by molar-refractivity contribution is 5.02. The number of hydrogen-bond donors (Lipinski definition) is 2. The van der Waals surface area contributed by atoms with Gasteiger partial charge in [-0.1, -0.05) is 19.1 Å². The number of rotatable bonds is 8. The number of nitrogens with one attached hydrogen (secondary N) is 1. The van der Waals surface area contributed by atoms with E-state index in [0.29, 0.717) is 25.0 Å². The molecular formula is C16H27N3O2. The quantitative estimate of drug-likeness (QED) is 0.713. The highest BCUT2D eigenvalue weighted by Gasteiger charge is 2.18. The maximum Gasteiger partial charge on any atom is 0.0897 e.